The van der Waals surface area contributed by atoms with Crippen LogP contribution in [-0.4, -0.2) is 30.3 Å². The Labute approximate surface area is 125 Å². The summed E-state index contributed by atoms with van der Waals surface area (Å²) < 4.78 is 12.0. The summed E-state index contributed by atoms with van der Waals surface area (Å²) in [5, 5.41) is 3.60. The van der Waals surface area contributed by atoms with E-state index in [1.165, 1.54) is 24.2 Å². The topological polar surface area (TPSA) is 30.5 Å². The molecule has 1 N–H and O–H groups in total. The van der Waals surface area contributed by atoms with Gasteiger partial charge in [-0.2, -0.15) is 11.8 Å². The van der Waals surface area contributed by atoms with Gasteiger partial charge in [0, 0.05) is 29.8 Å². The van der Waals surface area contributed by atoms with Crippen molar-refractivity contribution < 1.29 is 9.47 Å². The minimum absolute atomic E-state index is 0.406. The molecule has 0 amide bonds. The van der Waals surface area contributed by atoms with Gasteiger partial charge >= 0.3 is 0 Å². The maximum atomic E-state index is 5.86. The van der Waals surface area contributed by atoms with Crippen molar-refractivity contribution in [3.63, 3.8) is 0 Å². The van der Waals surface area contributed by atoms with Gasteiger partial charge in [0.2, 0.25) is 0 Å². The number of hydrogen-bond donors (Lipinski definition) is 1. The van der Waals surface area contributed by atoms with Crippen LogP contribution in [-0.2, 0) is 6.54 Å². The van der Waals surface area contributed by atoms with Gasteiger partial charge < -0.3 is 14.8 Å². The van der Waals surface area contributed by atoms with Gasteiger partial charge in [0.15, 0.2) is 11.5 Å². The molecule has 20 heavy (non-hydrogen) atoms. The van der Waals surface area contributed by atoms with Gasteiger partial charge in [-0.15, -0.1) is 0 Å². The number of hydrogen-bond acceptors (Lipinski definition) is 4. The van der Waals surface area contributed by atoms with Crippen LogP contribution in [0.15, 0.2) is 18.2 Å². The fraction of sp³-hybridized carbons (Fsp3) is 0.625. The van der Waals surface area contributed by atoms with Crippen LogP contribution in [0.25, 0.3) is 0 Å². The van der Waals surface area contributed by atoms with E-state index < -0.39 is 0 Å². The predicted octanol–water partition coefficient (Wildman–Crippen LogP) is 3.22. The second-order valence-corrected chi connectivity index (χ2v) is 7.48. The van der Waals surface area contributed by atoms with Crippen molar-refractivity contribution in [1.29, 1.82) is 0 Å². The average Bonchev–Trinajstić information content (AvgIpc) is 2.74. The molecular formula is C16H23NO2S. The summed E-state index contributed by atoms with van der Waals surface area (Å²) in [5.74, 6) is 3.13. The maximum Gasteiger partial charge on any atom is 0.165 e. The molecule has 1 saturated heterocycles. The van der Waals surface area contributed by atoms with Gasteiger partial charge in [-0.25, -0.2) is 0 Å². The molecule has 0 aromatic heterocycles. The molecule has 0 spiro atoms. The number of ether oxygens (including phenoxy) is 2. The van der Waals surface area contributed by atoms with Crippen molar-refractivity contribution in [2.45, 2.75) is 37.5 Å². The molecule has 1 aromatic rings. The molecule has 2 heterocycles. The van der Waals surface area contributed by atoms with Gasteiger partial charge in [0.25, 0.3) is 0 Å². The van der Waals surface area contributed by atoms with Crippen molar-refractivity contribution in [3.8, 4) is 11.5 Å². The summed E-state index contributed by atoms with van der Waals surface area (Å²) in [4.78, 5) is 0. The smallest absolute Gasteiger partial charge is 0.165 e. The molecule has 1 atom stereocenters. The minimum Gasteiger partial charge on any atom is -0.490 e. The molecule has 0 bridgehead atoms. The molecule has 3 nitrogen and oxygen atoms in total. The van der Waals surface area contributed by atoms with E-state index in [-0.39, 0.29) is 0 Å². The van der Waals surface area contributed by atoms with Crippen LogP contribution in [0.5, 0.6) is 11.5 Å². The Kier molecular flexibility index (Phi) is 4.41. The molecule has 1 aromatic carbocycles. The first kappa shape index (κ1) is 14.1. The number of para-hydroxylation sites is 1. The van der Waals surface area contributed by atoms with E-state index in [2.05, 4.69) is 36.1 Å². The first-order valence-corrected chi connectivity index (χ1v) is 8.48. The lowest BCUT2D eigenvalue weighted by Crippen LogP contribution is -2.32. The fourth-order valence-electron chi connectivity index (χ4n) is 2.83. The fourth-order valence-corrected chi connectivity index (χ4v) is 4.11. The summed E-state index contributed by atoms with van der Waals surface area (Å²) in [5.41, 5.74) is 1.20. The molecule has 0 aliphatic carbocycles. The highest BCUT2D eigenvalue weighted by atomic mass is 32.2. The Morgan fingerprint density at radius 3 is 3.00 bits per heavy atom. The normalized spacial score (nSPS) is 25.4. The molecule has 2 aliphatic rings. The van der Waals surface area contributed by atoms with Crippen LogP contribution in [0.1, 0.15) is 31.7 Å². The Morgan fingerprint density at radius 2 is 2.15 bits per heavy atom. The highest BCUT2D eigenvalue weighted by Crippen LogP contribution is 2.37. The number of fused-ring (bicyclic) bond motifs is 1. The van der Waals surface area contributed by atoms with Crippen molar-refractivity contribution in [2.75, 3.05) is 25.5 Å². The molecule has 4 heteroatoms. The zero-order chi connectivity index (χ0) is 13.8. The van der Waals surface area contributed by atoms with Crippen LogP contribution in [0, 0.1) is 0 Å². The van der Waals surface area contributed by atoms with Gasteiger partial charge in [0.1, 0.15) is 0 Å². The van der Waals surface area contributed by atoms with Crippen LogP contribution < -0.4 is 14.8 Å². The molecule has 110 valence electrons. The van der Waals surface area contributed by atoms with E-state index in [4.69, 9.17) is 9.47 Å². The summed E-state index contributed by atoms with van der Waals surface area (Å²) in [6.45, 7) is 5.77. The second-order valence-electron chi connectivity index (χ2n) is 5.80. The molecule has 1 unspecified atom stereocenters. The van der Waals surface area contributed by atoms with Crippen LogP contribution in [0.4, 0.5) is 0 Å². The van der Waals surface area contributed by atoms with E-state index in [0.29, 0.717) is 4.75 Å². The summed E-state index contributed by atoms with van der Waals surface area (Å²) in [6, 6.07) is 6.18. The van der Waals surface area contributed by atoms with Crippen molar-refractivity contribution in [1.82, 2.24) is 5.32 Å². The van der Waals surface area contributed by atoms with Crippen LogP contribution in [0.3, 0.4) is 0 Å². The van der Waals surface area contributed by atoms with Crippen molar-refractivity contribution in [2.24, 2.45) is 0 Å². The summed E-state index contributed by atoms with van der Waals surface area (Å²) in [7, 11) is 0. The lowest BCUT2D eigenvalue weighted by atomic mass is 10.1. The maximum absolute atomic E-state index is 5.86. The molecule has 0 saturated carbocycles. The predicted molar refractivity (Wildman–Crippen MR) is 83.9 cm³/mol. The van der Waals surface area contributed by atoms with Gasteiger partial charge in [0.05, 0.1) is 13.2 Å². The SMILES string of the molecule is CC1(CNCc2cccc3c2OCCCO3)CCCS1. The Balaban J connectivity index is 1.62. The van der Waals surface area contributed by atoms with E-state index in [1.54, 1.807) is 0 Å². The van der Waals surface area contributed by atoms with E-state index in [9.17, 15) is 0 Å². The third-order valence-electron chi connectivity index (χ3n) is 3.97. The molecule has 0 radical (unpaired) electrons. The lowest BCUT2D eigenvalue weighted by molar-refractivity contribution is 0.296. The van der Waals surface area contributed by atoms with E-state index >= 15 is 0 Å². The standard InChI is InChI=1S/C16H23NO2S/c1-16(7-3-10-20-16)12-17-11-13-5-2-6-14-15(13)19-9-4-8-18-14/h2,5-6,17H,3-4,7-12H2,1H3. The van der Waals surface area contributed by atoms with Crippen LogP contribution >= 0.6 is 11.8 Å². The number of rotatable bonds is 4. The Hall–Kier alpha value is -0.870. The number of nitrogens with one attached hydrogen (secondary N) is 1. The third-order valence-corrected chi connectivity index (χ3v) is 5.51. The van der Waals surface area contributed by atoms with Crippen molar-refractivity contribution >= 4 is 11.8 Å². The summed E-state index contributed by atoms with van der Waals surface area (Å²) >= 11 is 2.09. The van der Waals surface area contributed by atoms with E-state index in [0.717, 1.165) is 44.2 Å². The molecular weight excluding hydrogens is 270 g/mol. The number of benzene rings is 1. The van der Waals surface area contributed by atoms with E-state index in [1.807, 2.05) is 6.07 Å². The second kappa shape index (κ2) is 6.27. The lowest BCUT2D eigenvalue weighted by Gasteiger charge is -2.23. The quantitative estimate of drug-likeness (QED) is 0.923. The Morgan fingerprint density at radius 1 is 1.25 bits per heavy atom. The largest absolute Gasteiger partial charge is 0.490 e. The van der Waals surface area contributed by atoms with Gasteiger partial charge in [-0.1, -0.05) is 12.1 Å². The first-order chi connectivity index (χ1) is 9.77. The highest BCUT2D eigenvalue weighted by molar-refractivity contribution is 8.00. The summed E-state index contributed by atoms with van der Waals surface area (Å²) in [6.07, 6.45) is 3.62. The highest BCUT2D eigenvalue weighted by Gasteiger charge is 2.28. The monoisotopic (exact) mass is 293 g/mol. The average molecular weight is 293 g/mol. The third kappa shape index (κ3) is 3.23. The molecule has 3 rings (SSSR count). The molecule has 2 aliphatic heterocycles. The van der Waals surface area contributed by atoms with Gasteiger partial charge in [-0.3, -0.25) is 0 Å². The zero-order valence-electron chi connectivity index (χ0n) is 12.1. The minimum atomic E-state index is 0.406. The zero-order valence-corrected chi connectivity index (χ0v) is 12.9. The Bertz CT molecular complexity index is 458. The van der Waals surface area contributed by atoms with Gasteiger partial charge in [-0.05, 0) is 31.6 Å². The first-order valence-electron chi connectivity index (χ1n) is 7.49. The number of thioether (sulfide) groups is 1. The van der Waals surface area contributed by atoms with Crippen molar-refractivity contribution in [3.05, 3.63) is 23.8 Å². The van der Waals surface area contributed by atoms with Crippen LogP contribution in [0.2, 0.25) is 0 Å². The molecule has 1 fully saturated rings.